The summed E-state index contributed by atoms with van der Waals surface area (Å²) >= 11 is 6.11. The van der Waals surface area contributed by atoms with Crippen molar-refractivity contribution < 1.29 is 35.9 Å². The van der Waals surface area contributed by atoms with Crippen molar-refractivity contribution in [2.24, 2.45) is 0 Å². The number of halogens is 4. The molecule has 39 heavy (non-hydrogen) atoms. The highest BCUT2D eigenvalue weighted by Gasteiger charge is 2.35. The largest absolute Gasteiger partial charge is 0.497 e. The van der Waals surface area contributed by atoms with E-state index in [9.17, 15) is 31.2 Å². The lowest BCUT2D eigenvalue weighted by Crippen LogP contribution is -2.52. The maximum atomic E-state index is 13.7. The molecule has 2 amide bonds. The van der Waals surface area contributed by atoms with Crippen LogP contribution >= 0.6 is 11.6 Å². The van der Waals surface area contributed by atoms with Gasteiger partial charge in [0.15, 0.2) is 0 Å². The Morgan fingerprint density at radius 3 is 2.41 bits per heavy atom. The Labute approximate surface area is 231 Å². The number of amides is 2. The lowest BCUT2D eigenvalue weighted by Gasteiger charge is -2.32. The summed E-state index contributed by atoms with van der Waals surface area (Å²) in [7, 11) is -2.79. The normalized spacial score (nSPS) is 15.1. The molecule has 1 fully saturated rings. The number of benzene rings is 2. The van der Waals surface area contributed by atoms with E-state index in [1.54, 1.807) is 24.3 Å². The minimum Gasteiger partial charge on any atom is -0.497 e. The van der Waals surface area contributed by atoms with Gasteiger partial charge >= 0.3 is 6.18 Å². The first-order chi connectivity index (χ1) is 18.2. The molecule has 1 aliphatic rings. The second-order valence-electron chi connectivity index (χ2n) is 9.47. The van der Waals surface area contributed by atoms with Gasteiger partial charge in [0, 0.05) is 12.6 Å². The van der Waals surface area contributed by atoms with Gasteiger partial charge in [0.2, 0.25) is 21.8 Å². The highest BCUT2D eigenvalue weighted by molar-refractivity contribution is 7.92. The van der Waals surface area contributed by atoms with Crippen molar-refractivity contribution in [1.29, 1.82) is 0 Å². The topological polar surface area (TPSA) is 96.0 Å². The number of nitrogens with zero attached hydrogens (tertiary/aromatic N) is 2. The lowest BCUT2D eigenvalue weighted by molar-refractivity contribution is -0.139. The molecule has 0 aliphatic heterocycles. The average molecular weight is 590 g/mol. The van der Waals surface area contributed by atoms with Crippen LogP contribution in [0.25, 0.3) is 0 Å². The Balaban J connectivity index is 1.97. The van der Waals surface area contributed by atoms with Crippen LogP contribution in [0.15, 0.2) is 42.5 Å². The predicted octanol–water partition coefficient (Wildman–Crippen LogP) is 4.61. The zero-order chi connectivity index (χ0) is 29.0. The number of alkyl halides is 3. The van der Waals surface area contributed by atoms with E-state index in [2.05, 4.69) is 5.32 Å². The number of rotatable bonds is 10. The molecule has 2 aromatic rings. The minimum atomic E-state index is -4.77. The number of ether oxygens (including phenoxy) is 1. The van der Waals surface area contributed by atoms with E-state index >= 15 is 0 Å². The number of nitrogens with one attached hydrogen (secondary N) is 1. The third-order valence-corrected chi connectivity index (χ3v) is 8.02. The first-order valence-corrected chi connectivity index (χ1v) is 14.5. The molecule has 3 rings (SSSR count). The van der Waals surface area contributed by atoms with E-state index in [4.69, 9.17) is 16.3 Å². The van der Waals surface area contributed by atoms with Gasteiger partial charge < -0.3 is 15.0 Å². The van der Waals surface area contributed by atoms with Gasteiger partial charge in [0.1, 0.15) is 18.3 Å². The number of anilines is 1. The first-order valence-electron chi connectivity index (χ1n) is 12.3. The van der Waals surface area contributed by atoms with Crippen molar-refractivity contribution in [2.45, 2.75) is 57.4 Å². The lowest BCUT2D eigenvalue weighted by atomic mass is 10.1. The molecular formula is C26H31ClF3N3O5S. The number of methoxy groups -OCH3 is 1. The molecular weight excluding hydrogens is 559 g/mol. The van der Waals surface area contributed by atoms with Crippen LogP contribution in [0.2, 0.25) is 5.02 Å². The fourth-order valence-electron chi connectivity index (χ4n) is 4.42. The standard InChI is InChI=1S/C26H31ClF3N3O5S/c1-17(25(35)31-20-8-4-5-9-20)32(15-18-7-6-10-21(13-18)38-2)24(34)16-33(39(3,36)37)23-14-19(26(28,29)30)11-12-22(23)27/h6-7,10-14,17,20H,4-5,8-9,15-16H2,1-3H3,(H,31,35). The first kappa shape index (κ1) is 30.6. The van der Waals surface area contributed by atoms with Crippen molar-refractivity contribution in [3.8, 4) is 5.75 Å². The number of hydrogen-bond acceptors (Lipinski definition) is 5. The molecule has 8 nitrogen and oxygen atoms in total. The smallest absolute Gasteiger partial charge is 0.416 e. The second-order valence-corrected chi connectivity index (χ2v) is 11.8. The van der Waals surface area contributed by atoms with Crippen LogP contribution in [-0.2, 0) is 32.3 Å². The van der Waals surface area contributed by atoms with Crippen molar-refractivity contribution in [2.75, 3.05) is 24.2 Å². The maximum Gasteiger partial charge on any atom is 0.416 e. The van der Waals surface area contributed by atoms with Crippen LogP contribution in [-0.4, -0.2) is 57.1 Å². The Kier molecular flexibility index (Phi) is 9.76. The Morgan fingerprint density at radius 2 is 1.82 bits per heavy atom. The van der Waals surface area contributed by atoms with Gasteiger partial charge in [0.25, 0.3) is 0 Å². The van der Waals surface area contributed by atoms with Crippen LogP contribution in [0.5, 0.6) is 5.75 Å². The van der Waals surface area contributed by atoms with Crippen LogP contribution in [0.1, 0.15) is 43.7 Å². The Hall–Kier alpha value is -2.99. The zero-order valence-electron chi connectivity index (χ0n) is 21.8. The van der Waals surface area contributed by atoms with Crippen molar-refractivity contribution in [3.63, 3.8) is 0 Å². The van der Waals surface area contributed by atoms with Gasteiger partial charge in [-0.15, -0.1) is 0 Å². The average Bonchev–Trinajstić information content (AvgIpc) is 3.37. The van der Waals surface area contributed by atoms with E-state index in [0.29, 0.717) is 21.7 Å². The molecule has 0 spiro atoms. The monoisotopic (exact) mass is 589 g/mol. The van der Waals surface area contributed by atoms with E-state index in [0.717, 1.165) is 44.1 Å². The van der Waals surface area contributed by atoms with Gasteiger partial charge in [-0.2, -0.15) is 13.2 Å². The summed E-state index contributed by atoms with van der Waals surface area (Å²) in [5.41, 5.74) is -1.02. The van der Waals surface area contributed by atoms with Gasteiger partial charge in [-0.05, 0) is 55.7 Å². The molecule has 1 unspecified atom stereocenters. The van der Waals surface area contributed by atoms with Gasteiger partial charge in [-0.3, -0.25) is 13.9 Å². The molecule has 0 heterocycles. The number of sulfonamides is 1. The van der Waals surface area contributed by atoms with Crippen LogP contribution in [0.4, 0.5) is 18.9 Å². The molecule has 1 saturated carbocycles. The van der Waals surface area contributed by atoms with E-state index in [1.807, 2.05) is 0 Å². The van der Waals surface area contributed by atoms with E-state index in [-0.39, 0.29) is 17.6 Å². The molecule has 1 N–H and O–H groups in total. The van der Waals surface area contributed by atoms with E-state index < -0.39 is 51.9 Å². The van der Waals surface area contributed by atoms with Crippen LogP contribution in [0, 0.1) is 0 Å². The molecule has 1 aliphatic carbocycles. The molecule has 214 valence electrons. The molecule has 0 aromatic heterocycles. The Morgan fingerprint density at radius 1 is 1.15 bits per heavy atom. The fraction of sp³-hybridized carbons (Fsp3) is 0.462. The molecule has 0 saturated heterocycles. The van der Waals surface area contributed by atoms with Crippen LogP contribution < -0.4 is 14.4 Å². The van der Waals surface area contributed by atoms with Crippen molar-refractivity contribution in [1.82, 2.24) is 10.2 Å². The number of hydrogen-bond donors (Lipinski definition) is 1. The van der Waals surface area contributed by atoms with Crippen LogP contribution in [0.3, 0.4) is 0 Å². The maximum absolute atomic E-state index is 13.7. The molecule has 0 bridgehead atoms. The molecule has 1 atom stereocenters. The van der Waals surface area contributed by atoms with Crippen molar-refractivity contribution in [3.05, 3.63) is 58.6 Å². The highest BCUT2D eigenvalue weighted by Crippen LogP contribution is 2.36. The summed E-state index contributed by atoms with van der Waals surface area (Å²) in [5.74, 6) is -0.705. The third-order valence-electron chi connectivity index (χ3n) is 6.58. The van der Waals surface area contributed by atoms with Crippen molar-refractivity contribution >= 4 is 39.1 Å². The SMILES string of the molecule is COc1cccc(CN(C(=O)CN(c2cc(C(F)(F)F)ccc2Cl)S(C)(=O)=O)C(C)C(=O)NC2CCCC2)c1. The minimum absolute atomic E-state index is 0.0230. The van der Waals surface area contributed by atoms with Gasteiger partial charge in [-0.25, -0.2) is 8.42 Å². The summed E-state index contributed by atoms with van der Waals surface area (Å²) in [6.07, 6.45) is -0.409. The summed E-state index contributed by atoms with van der Waals surface area (Å²) in [6, 6.07) is 7.97. The quantitative estimate of drug-likeness (QED) is 0.437. The third kappa shape index (κ3) is 8.01. The number of carbonyl (C=O) groups is 2. The summed E-state index contributed by atoms with van der Waals surface area (Å²) in [5, 5.41) is 2.65. The molecule has 13 heteroatoms. The summed E-state index contributed by atoms with van der Waals surface area (Å²) < 4.78 is 71.3. The van der Waals surface area contributed by atoms with Gasteiger partial charge in [0.05, 0.1) is 29.6 Å². The fourth-order valence-corrected chi connectivity index (χ4v) is 5.54. The zero-order valence-corrected chi connectivity index (χ0v) is 23.4. The number of carbonyl (C=O) groups excluding carboxylic acids is 2. The summed E-state index contributed by atoms with van der Waals surface area (Å²) in [4.78, 5) is 28.0. The molecule has 2 aromatic carbocycles. The molecule has 0 radical (unpaired) electrons. The predicted molar refractivity (Wildman–Crippen MR) is 142 cm³/mol. The Bertz CT molecular complexity index is 1300. The van der Waals surface area contributed by atoms with E-state index in [1.165, 1.54) is 18.9 Å². The second kappa shape index (κ2) is 12.5. The summed E-state index contributed by atoms with van der Waals surface area (Å²) in [6.45, 7) is 0.568. The highest BCUT2D eigenvalue weighted by atomic mass is 35.5. The van der Waals surface area contributed by atoms with Gasteiger partial charge in [-0.1, -0.05) is 36.6 Å².